The molecule has 1 aromatic carbocycles. The fraction of sp³-hybridized carbons (Fsp3) is 0.263. The Hall–Kier alpha value is -2.98. The lowest BCUT2D eigenvalue weighted by atomic mass is 10.0. The minimum atomic E-state index is -0.847. The number of imidazole rings is 1. The number of rotatable bonds is 4. The molecule has 0 spiro atoms. The molecule has 1 atom stereocenters. The van der Waals surface area contributed by atoms with E-state index in [1.807, 2.05) is 23.1 Å². The van der Waals surface area contributed by atoms with Crippen LogP contribution in [0, 0.1) is 0 Å². The number of hydrogen-bond acceptors (Lipinski definition) is 6. The van der Waals surface area contributed by atoms with Gasteiger partial charge in [-0.1, -0.05) is 22.0 Å². The third-order valence-corrected chi connectivity index (χ3v) is 5.88. The van der Waals surface area contributed by atoms with Gasteiger partial charge in [-0.25, -0.2) is 15.0 Å². The van der Waals surface area contributed by atoms with Crippen molar-refractivity contribution in [2.75, 3.05) is 31.1 Å². The molecule has 1 aliphatic rings. The van der Waals surface area contributed by atoms with Crippen LogP contribution in [-0.4, -0.2) is 67.1 Å². The standard InChI is InChI=1S/C19H18BrN7O2/c20-11-1-2-12-13(8-21-14(12)7-11)16(19(28)29)26-3-5-27(6-4-26)18-15-17(23-9-22-15)24-10-25-18/h1-2,7-10,16,21H,3-6H2,(H,28,29)(H,22,23,24,25)/t16-/m0/s1. The molecule has 1 fully saturated rings. The topological polar surface area (TPSA) is 114 Å². The molecule has 0 aliphatic carbocycles. The summed E-state index contributed by atoms with van der Waals surface area (Å²) < 4.78 is 0.953. The third-order valence-electron chi connectivity index (χ3n) is 5.39. The quantitative estimate of drug-likeness (QED) is 0.433. The lowest BCUT2D eigenvalue weighted by Gasteiger charge is -2.38. The molecule has 1 aliphatic heterocycles. The number of carboxylic acids is 1. The molecule has 29 heavy (non-hydrogen) atoms. The number of benzene rings is 1. The van der Waals surface area contributed by atoms with E-state index in [0.29, 0.717) is 31.8 Å². The first-order valence-corrected chi connectivity index (χ1v) is 10.0. The average Bonchev–Trinajstić information content (AvgIpc) is 3.35. The van der Waals surface area contributed by atoms with Crippen LogP contribution in [0.25, 0.3) is 22.1 Å². The number of carboxylic acid groups (broad SMARTS) is 1. The molecule has 3 N–H and O–H groups in total. The summed E-state index contributed by atoms with van der Waals surface area (Å²) in [5, 5.41) is 10.9. The highest BCUT2D eigenvalue weighted by atomic mass is 79.9. The van der Waals surface area contributed by atoms with Gasteiger partial charge in [-0.15, -0.1) is 0 Å². The van der Waals surface area contributed by atoms with Gasteiger partial charge in [0.05, 0.1) is 6.33 Å². The Balaban J connectivity index is 1.40. The molecule has 148 valence electrons. The summed E-state index contributed by atoms with van der Waals surface area (Å²) in [5.74, 6) is -0.0452. The Morgan fingerprint density at radius 3 is 2.76 bits per heavy atom. The Labute approximate surface area is 173 Å². The van der Waals surface area contributed by atoms with Gasteiger partial charge in [0.15, 0.2) is 11.5 Å². The number of halogens is 1. The Morgan fingerprint density at radius 2 is 1.97 bits per heavy atom. The molecule has 1 saturated heterocycles. The van der Waals surface area contributed by atoms with E-state index < -0.39 is 12.0 Å². The molecule has 5 rings (SSSR count). The van der Waals surface area contributed by atoms with E-state index in [1.54, 1.807) is 12.5 Å². The Morgan fingerprint density at radius 1 is 1.14 bits per heavy atom. The van der Waals surface area contributed by atoms with E-state index in [-0.39, 0.29) is 0 Å². The summed E-state index contributed by atoms with van der Waals surface area (Å²) in [6.07, 6.45) is 4.92. The molecule has 0 saturated carbocycles. The van der Waals surface area contributed by atoms with Crippen LogP contribution in [0.5, 0.6) is 0 Å². The first kappa shape index (κ1) is 18.1. The minimum Gasteiger partial charge on any atom is -0.480 e. The molecule has 0 bridgehead atoms. The number of carbonyl (C=O) groups is 1. The second kappa shape index (κ2) is 7.12. The summed E-state index contributed by atoms with van der Waals surface area (Å²) in [5.41, 5.74) is 3.14. The number of aromatic nitrogens is 5. The van der Waals surface area contributed by atoms with Crippen molar-refractivity contribution in [1.29, 1.82) is 0 Å². The molecule has 0 unspecified atom stereocenters. The highest BCUT2D eigenvalue weighted by molar-refractivity contribution is 9.10. The van der Waals surface area contributed by atoms with Crippen molar-refractivity contribution in [1.82, 2.24) is 29.8 Å². The van der Waals surface area contributed by atoms with Crippen LogP contribution in [-0.2, 0) is 4.79 Å². The molecule has 0 radical (unpaired) electrons. The Kier molecular flexibility index (Phi) is 4.44. The fourth-order valence-corrected chi connectivity index (χ4v) is 4.38. The summed E-state index contributed by atoms with van der Waals surface area (Å²) >= 11 is 3.46. The zero-order chi connectivity index (χ0) is 20.0. The second-order valence-electron chi connectivity index (χ2n) is 7.00. The largest absolute Gasteiger partial charge is 0.480 e. The summed E-state index contributed by atoms with van der Waals surface area (Å²) in [4.78, 5) is 35.4. The molecule has 10 heteroatoms. The molecule has 0 amide bonds. The number of anilines is 1. The average molecular weight is 456 g/mol. The predicted molar refractivity (Wildman–Crippen MR) is 112 cm³/mol. The number of nitrogens with zero attached hydrogens (tertiary/aromatic N) is 5. The first-order chi connectivity index (χ1) is 14.1. The van der Waals surface area contributed by atoms with Gasteiger partial charge in [0.25, 0.3) is 0 Å². The maximum absolute atomic E-state index is 12.2. The number of aromatic amines is 2. The maximum atomic E-state index is 12.2. The van der Waals surface area contributed by atoms with Gasteiger partial charge in [0, 0.05) is 53.3 Å². The van der Waals surface area contributed by atoms with Gasteiger partial charge in [-0.2, -0.15) is 0 Å². The summed E-state index contributed by atoms with van der Waals surface area (Å²) in [6, 6.07) is 5.14. The number of piperazine rings is 1. The van der Waals surface area contributed by atoms with Gasteiger partial charge in [-0.05, 0) is 12.1 Å². The van der Waals surface area contributed by atoms with E-state index in [0.717, 1.165) is 32.3 Å². The van der Waals surface area contributed by atoms with E-state index >= 15 is 0 Å². The molecule has 4 heterocycles. The normalized spacial score (nSPS) is 16.5. The lowest BCUT2D eigenvalue weighted by molar-refractivity contribution is -0.143. The first-order valence-electron chi connectivity index (χ1n) is 9.24. The van der Waals surface area contributed by atoms with Crippen LogP contribution >= 0.6 is 15.9 Å². The number of nitrogens with one attached hydrogen (secondary N) is 2. The highest BCUT2D eigenvalue weighted by Crippen LogP contribution is 2.31. The molecule has 9 nitrogen and oxygen atoms in total. The van der Waals surface area contributed by atoms with Crippen molar-refractivity contribution >= 4 is 49.8 Å². The zero-order valence-corrected chi connectivity index (χ0v) is 16.9. The van der Waals surface area contributed by atoms with Crippen LogP contribution in [0.4, 0.5) is 5.82 Å². The molecule has 3 aromatic heterocycles. The highest BCUT2D eigenvalue weighted by Gasteiger charge is 2.32. The number of aliphatic carboxylic acids is 1. The van der Waals surface area contributed by atoms with Crippen LogP contribution < -0.4 is 4.90 Å². The summed E-state index contributed by atoms with van der Waals surface area (Å²) in [7, 11) is 0. The second-order valence-corrected chi connectivity index (χ2v) is 7.91. The predicted octanol–water partition coefficient (Wildman–Crippen LogP) is 2.54. The smallest absolute Gasteiger partial charge is 0.325 e. The van der Waals surface area contributed by atoms with E-state index in [4.69, 9.17) is 0 Å². The molecular weight excluding hydrogens is 438 g/mol. The van der Waals surface area contributed by atoms with Crippen molar-refractivity contribution in [3.63, 3.8) is 0 Å². The third kappa shape index (κ3) is 3.14. The number of hydrogen-bond donors (Lipinski definition) is 3. The Bertz CT molecular complexity index is 1200. The van der Waals surface area contributed by atoms with Gasteiger partial charge in [0.2, 0.25) is 0 Å². The van der Waals surface area contributed by atoms with Gasteiger partial charge >= 0.3 is 5.97 Å². The van der Waals surface area contributed by atoms with Crippen molar-refractivity contribution in [3.8, 4) is 0 Å². The van der Waals surface area contributed by atoms with E-state index in [2.05, 4.69) is 45.7 Å². The zero-order valence-electron chi connectivity index (χ0n) is 15.3. The van der Waals surface area contributed by atoms with E-state index in [9.17, 15) is 9.90 Å². The lowest BCUT2D eigenvalue weighted by Crippen LogP contribution is -2.49. The van der Waals surface area contributed by atoms with Gasteiger partial charge in [-0.3, -0.25) is 9.69 Å². The van der Waals surface area contributed by atoms with Crippen molar-refractivity contribution in [3.05, 3.63) is 47.1 Å². The maximum Gasteiger partial charge on any atom is 0.325 e. The molecule has 4 aromatic rings. The monoisotopic (exact) mass is 455 g/mol. The number of H-pyrrole nitrogens is 2. The minimum absolute atomic E-state index is 0.611. The van der Waals surface area contributed by atoms with Crippen LogP contribution in [0.3, 0.4) is 0 Å². The van der Waals surface area contributed by atoms with Crippen molar-refractivity contribution in [2.24, 2.45) is 0 Å². The van der Waals surface area contributed by atoms with Crippen molar-refractivity contribution < 1.29 is 9.90 Å². The van der Waals surface area contributed by atoms with Gasteiger partial charge in [0.1, 0.15) is 17.9 Å². The SMILES string of the molecule is O=C(O)[C@H](c1c[nH]c2cc(Br)ccc12)N1CCN(c2ncnc3nc[nH]c23)CC1. The van der Waals surface area contributed by atoms with Crippen LogP contribution in [0.1, 0.15) is 11.6 Å². The molecular formula is C19H18BrN7O2. The number of fused-ring (bicyclic) bond motifs is 2. The van der Waals surface area contributed by atoms with Crippen LogP contribution in [0.15, 0.2) is 41.5 Å². The van der Waals surface area contributed by atoms with Crippen molar-refractivity contribution in [2.45, 2.75) is 6.04 Å². The van der Waals surface area contributed by atoms with Gasteiger partial charge < -0.3 is 20.0 Å². The summed E-state index contributed by atoms with van der Waals surface area (Å²) in [6.45, 7) is 2.56. The fourth-order valence-electron chi connectivity index (χ4n) is 4.02. The van der Waals surface area contributed by atoms with Crippen LogP contribution in [0.2, 0.25) is 0 Å². The van der Waals surface area contributed by atoms with E-state index in [1.165, 1.54) is 6.33 Å².